The third-order valence-electron chi connectivity index (χ3n) is 14.2. The Morgan fingerprint density at radius 3 is 2.25 bits per heavy atom. The summed E-state index contributed by atoms with van der Waals surface area (Å²) in [6, 6.07) is 8.42. The Labute approximate surface area is 447 Å². The number of esters is 1. The second-order valence-corrected chi connectivity index (χ2v) is 19.3. The van der Waals surface area contributed by atoms with Crippen LogP contribution in [-0.4, -0.2) is 124 Å². The molecule has 26 heteroatoms. The van der Waals surface area contributed by atoms with Crippen LogP contribution in [-0.2, 0) is 84.2 Å². The first-order chi connectivity index (χ1) is 37.6. The van der Waals surface area contributed by atoms with E-state index < -0.39 is 128 Å². The molecule has 0 fully saturated rings. The highest BCUT2D eigenvalue weighted by Gasteiger charge is 2.49. The molecule has 4 aliphatic rings. The highest BCUT2D eigenvalue weighted by atomic mass is 19.4. The van der Waals surface area contributed by atoms with E-state index in [1.165, 1.54) is 36.6 Å². The second kappa shape index (κ2) is 23.7. The first kappa shape index (κ1) is 56.8. The standard InChI is InChI=1S/C53H55F4N9O13/c1-3-52(77)32-19-37-46-30(24-66(37)50(75)31(32)25-78-51(52)76)45-34(14-13-29-27(2)33(54)20-35(63-46)44(29)45)64-49(74)47(53(55,56)57)79-26-61-40(69)22-60-48(73)36(18-28-10-6-4-7-11-28)62-41(70)23-59-39(68)21-58-38(67)12-8-5-9-17-65-42(71)15-16-43(65)72/h4,6-7,10-11,15-16,19-20,34,36,47,77H,3,5,8-9,12-14,17-18,21-26H2,1-2H3,(H,58,67)(H,59,68)(H,60,73)(H,61,69)(H,62,70)(H,64,74)/t34-,36-,47?,52-/m0/s1. The van der Waals surface area contributed by atoms with Crippen molar-refractivity contribution in [2.24, 2.45) is 0 Å². The molecule has 4 aromatic rings. The third-order valence-corrected chi connectivity index (χ3v) is 14.2. The Morgan fingerprint density at radius 1 is 0.861 bits per heavy atom. The van der Waals surface area contributed by atoms with Gasteiger partial charge < -0.3 is 51.0 Å². The lowest BCUT2D eigenvalue weighted by molar-refractivity contribution is -0.220. The summed E-state index contributed by atoms with van der Waals surface area (Å²) >= 11 is 0. The molecule has 418 valence electrons. The van der Waals surface area contributed by atoms with E-state index in [2.05, 4.69) is 31.9 Å². The molecule has 0 saturated heterocycles. The van der Waals surface area contributed by atoms with Crippen LogP contribution in [0.5, 0.6) is 0 Å². The molecule has 2 aromatic carbocycles. The molecular weight excluding hydrogens is 1050 g/mol. The Balaban J connectivity index is 0.856. The van der Waals surface area contributed by atoms with Gasteiger partial charge >= 0.3 is 12.1 Å². The molecule has 7 N–H and O–H groups in total. The maximum absolute atomic E-state index is 15.4. The van der Waals surface area contributed by atoms with Crippen LogP contribution in [0.3, 0.4) is 0 Å². The minimum Gasteiger partial charge on any atom is -0.458 e. The van der Waals surface area contributed by atoms with E-state index in [1.807, 2.05) is 0 Å². The third kappa shape index (κ3) is 12.3. The van der Waals surface area contributed by atoms with Crippen molar-refractivity contribution >= 4 is 64.1 Å². The Hall–Kier alpha value is -8.39. The quantitative estimate of drug-likeness (QED) is 0.0169. The Morgan fingerprint density at radius 2 is 1.54 bits per heavy atom. The van der Waals surface area contributed by atoms with Crippen LogP contribution in [0.15, 0.2) is 59.4 Å². The number of cyclic esters (lactones) is 1. The summed E-state index contributed by atoms with van der Waals surface area (Å²) in [6.45, 7) is -0.423. The molecule has 1 unspecified atom stereocenters. The van der Waals surface area contributed by atoms with Gasteiger partial charge in [-0.05, 0) is 67.3 Å². The van der Waals surface area contributed by atoms with Crippen molar-refractivity contribution in [2.75, 3.05) is 32.9 Å². The van der Waals surface area contributed by atoms with Gasteiger partial charge in [-0.25, -0.2) is 14.2 Å². The van der Waals surface area contributed by atoms with E-state index in [1.54, 1.807) is 30.3 Å². The molecule has 3 aliphatic heterocycles. The number of aliphatic hydroxyl groups is 1. The van der Waals surface area contributed by atoms with Crippen molar-refractivity contribution in [1.82, 2.24) is 46.4 Å². The largest absolute Gasteiger partial charge is 0.458 e. The topological polar surface area (TPSA) is 303 Å². The fraction of sp³-hybridized carbons (Fsp3) is 0.415. The molecule has 22 nitrogen and oxygen atoms in total. The Bertz CT molecular complexity index is 3240. The van der Waals surface area contributed by atoms with Crippen molar-refractivity contribution in [3.8, 4) is 11.4 Å². The zero-order chi connectivity index (χ0) is 56.9. The summed E-state index contributed by atoms with van der Waals surface area (Å²) in [6.07, 6.45) is -4.78. The summed E-state index contributed by atoms with van der Waals surface area (Å²) in [5.41, 5.74) is -0.487. The zero-order valence-electron chi connectivity index (χ0n) is 42.7. The summed E-state index contributed by atoms with van der Waals surface area (Å²) in [5.74, 6) is -7.97. The molecule has 0 bridgehead atoms. The number of aryl methyl sites for hydroxylation is 1. The van der Waals surface area contributed by atoms with E-state index in [-0.39, 0.29) is 84.4 Å². The number of nitrogens with one attached hydrogen (secondary N) is 6. The fourth-order valence-electron chi connectivity index (χ4n) is 10.0. The number of halogens is 4. The minimum absolute atomic E-state index is 0.00104. The van der Waals surface area contributed by atoms with Gasteiger partial charge in [0.1, 0.15) is 25.2 Å². The summed E-state index contributed by atoms with van der Waals surface area (Å²) < 4.78 is 70.7. The number of ether oxygens (including phenoxy) is 2. The predicted octanol–water partition coefficient (Wildman–Crippen LogP) is 1.21. The van der Waals surface area contributed by atoms with Crippen LogP contribution in [0.25, 0.3) is 22.3 Å². The van der Waals surface area contributed by atoms with Crippen LogP contribution in [0, 0.1) is 12.7 Å². The number of carbonyl (C=O) groups is 9. The average Bonchev–Trinajstić information content (AvgIpc) is 4.22. The summed E-state index contributed by atoms with van der Waals surface area (Å²) in [5, 5.41) is 25.7. The SMILES string of the molecule is CC[C@@]1(O)C(=O)OCc2c1cc1n(c2=O)Cc2c-1nc1cc(F)c(C)c3c1c2[C@@H](NC(=O)C(OCNC(=O)CNC(=O)[C@H](Cc1ccccc1)NC(=O)CNC(=O)CNC(=O)CCCCCN1C(=O)C=CC1=O)C(F)(F)F)CC3. The van der Waals surface area contributed by atoms with E-state index in [0.717, 1.165) is 11.0 Å². The van der Waals surface area contributed by atoms with Crippen LogP contribution in [0.2, 0.25) is 0 Å². The Kier molecular flexibility index (Phi) is 17.0. The average molecular weight is 1100 g/mol. The lowest BCUT2D eigenvalue weighted by Gasteiger charge is -2.31. The number of amides is 8. The van der Waals surface area contributed by atoms with Crippen LogP contribution in [0.1, 0.15) is 90.4 Å². The second-order valence-electron chi connectivity index (χ2n) is 19.3. The van der Waals surface area contributed by atoms with Gasteiger partial charge in [-0.3, -0.25) is 48.1 Å². The highest BCUT2D eigenvalue weighted by molar-refractivity contribution is 6.12. The number of fused-ring (bicyclic) bond motifs is 5. The number of hydrogen-bond donors (Lipinski definition) is 7. The molecule has 2 aromatic heterocycles. The van der Waals surface area contributed by atoms with E-state index in [4.69, 9.17) is 14.5 Å². The molecule has 0 saturated carbocycles. The number of hydrogen-bond acceptors (Lipinski definition) is 14. The van der Waals surface area contributed by atoms with Gasteiger partial charge in [-0.1, -0.05) is 43.7 Å². The predicted molar refractivity (Wildman–Crippen MR) is 268 cm³/mol. The maximum atomic E-state index is 15.4. The van der Waals surface area contributed by atoms with Crippen molar-refractivity contribution in [1.29, 1.82) is 0 Å². The maximum Gasteiger partial charge on any atom is 0.423 e. The van der Waals surface area contributed by atoms with E-state index in [0.29, 0.717) is 41.3 Å². The number of benzene rings is 2. The first-order valence-corrected chi connectivity index (χ1v) is 25.3. The van der Waals surface area contributed by atoms with Crippen LogP contribution >= 0.6 is 0 Å². The first-order valence-electron chi connectivity index (χ1n) is 25.3. The number of rotatable bonds is 22. The van der Waals surface area contributed by atoms with Crippen molar-refractivity contribution in [3.05, 3.63) is 110 Å². The van der Waals surface area contributed by atoms with Crippen LogP contribution in [0.4, 0.5) is 17.6 Å². The smallest absolute Gasteiger partial charge is 0.423 e. The van der Waals surface area contributed by atoms with Gasteiger partial charge in [0.15, 0.2) is 5.60 Å². The van der Waals surface area contributed by atoms with Gasteiger partial charge in [0.05, 0.1) is 54.7 Å². The molecule has 79 heavy (non-hydrogen) atoms. The highest BCUT2D eigenvalue weighted by Crippen LogP contribution is 2.46. The normalized spacial score (nSPS) is 17.7. The monoisotopic (exact) mass is 1100 g/mol. The number of carbonyl (C=O) groups excluding carboxylic acids is 9. The number of unbranched alkanes of at least 4 members (excludes halogenated alkanes) is 2. The fourth-order valence-corrected chi connectivity index (χ4v) is 10.0. The zero-order valence-corrected chi connectivity index (χ0v) is 42.7. The van der Waals surface area contributed by atoms with Crippen molar-refractivity contribution < 1.29 is 75.3 Å². The number of aromatic nitrogens is 2. The lowest BCUT2D eigenvalue weighted by atomic mass is 9.81. The van der Waals surface area contributed by atoms with Crippen molar-refractivity contribution in [2.45, 2.75) is 108 Å². The molecule has 1 aliphatic carbocycles. The van der Waals surface area contributed by atoms with Gasteiger partial charge in [0.2, 0.25) is 35.6 Å². The molecule has 4 atom stereocenters. The number of alkyl halides is 3. The molecular formula is C53H55F4N9O13. The van der Waals surface area contributed by atoms with Gasteiger partial charge in [0, 0.05) is 54.1 Å². The van der Waals surface area contributed by atoms with Crippen molar-refractivity contribution in [3.63, 3.8) is 0 Å². The van der Waals surface area contributed by atoms with Gasteiger partial charge in [0.25, 0.3) is 23.3 Å². The molecule has 8 amide bonds. The van der Waals surface area contributed by atoms with E-state index in [9.17, 15) is 66.2 Å². The van der Waals surface area contributed by atoms with Crippen LogP contribution < -0.4 is 37.5 Å². The minimum atomic E-state index is -5.33. The number of pyridine rings is 2. The summed E-state index contributed by atoms with van der Waals surface area (Å²) in [4.78, 5) is 133. The molecule has 0 radical (unpaired) electrons. The molecule has 5 heterocycles. The van der Waals surface area contributed by atoms with Gasteiger partial charge in [-0.15, -0.1) is 0 Å². The molecule has 8 rings (SSSR count). The number of imide groups is 1. The van der Waals surface area contributed by atoms with Gasteiger partial charge in [-0.2, -0.15) is 13.2 Å². The van der Waals surface area contributed by atoms with E-state index >= 15 is 4.39 Å². The lowest BCUT2D eigenvalue weighted by Crippen LogP contribution is -2.52. The number of nitrogens with zero attached hydrogens (tertiary/aromatic N) is 3. The molecule has 0 spiro atoms. The summed E-state index contributed by atoms with van der Waals surface area (Å²) in [7, 11) is 0.